The van der Waals surface area contributed by atoms with Crippen molar-refractivity contribution >= 4 is 75.9 Å². The van der Waals surface area contributed by atoms with Crippen LogP contribution in [-0.2, 0) is 13.1 Å². The van der Waals surface area contributed by atoms with Gasteiger partial charge in [0.2, 0.25) is 0 Å². The molecule has 0 unspecified atom stereocenters. The van der Waals surface area contributed by atoms with E-state index in [9.17, 15) is 0 Å². The zero-order valence-corrected chi connectivity index (χ0v) is 33.8. The van der Waals surface area contributed by atoms with E-state index in [0.717, 1.165) is 13.1 Å². The van der Waals surface area contributed by atoms with Crippen molar-refractivity contribution in [3.8, 4) is 44.5 Å². The summed E-state index contributed by atoms with van der Waals surface area (Å²) in [5.41, 5.74) is 15.1. The first-order valence-corrected chi connectivity index (χ1v) is 21.3. The lowest BCUT2D eigenvalue weighted by Crippen LogP contribution is -1.94. The predicted octanol–water partition coefficient (Wildman–Crippen LogP) is 16.1. The van der Waals surface area contributed by atoms with Gasteiger partial charge in [0, 0.05) is 56.7 Å². The summed E-state index contributed by atoms with van der Waals surface area (Å²) in [5.74, 6) is 0. The molecule has 0 aliphatic carbocycles. The molecule has 0 bridgehead atoms. The summed E-state index contributed by atoms with van der Waals surface area (Å²) in [6.45, 7) is 6.32. The maximum absolute atomic E-state index is 2.51. The van der Waals surface area contributed by atoms with Gasteiger partial charge in [0.15, 0.2) is 0 Å². The van der Waals surface area contributed by atoms with Crippen LogP contribution in [0.2, 0.25) is 0 Å². The second-order valence-electron chi connectivity index (χ2n) is 16.1. The zero-order chi connectivity index (χ0) is 39.9. The number of nitrogens with zero attached hydrogens (tertiary/aromatic N) is 2. The number of fused-ring (bicyclic) bond motifs is 9. The van der Waals surface area contributed by atoms with Gasteiger partial charge in [-0.15, -0.1) is 0 Å². The molecular weight excluding hydrogens is 725 g/mol. The van der Waals surface area contributed by atoms with Gasteiger partial charge in [-0.1, -0.05) is 164 Å². The van der Waals surface area contributed by atoms with Gasteiger partial charge in [-0.2, -0.15) is 0 Å². The number of hydrogen-bond donors (Lipinski definition) is 0. The summed E-state index contributed by atoms with van der Waals surface area (Å²) in [5, 5.41) is 12.7. The maximum Gasteiger partial charge on any atom is 0.0497 e. The first-order valence-electron chi connectivity index (χ1n) is 21.3. The minimum atomic E-state index is 0.908. The molecule has 0 saturated heterocycles. The highest BCUT2D eigenvalue weighted by atomic mass is 15.0. The van der Waals surface area contributed by atoms with Crippen molar-refractivity contribution in [2.24, 2.45) is 0 Å². The Morgan fingerprint density at radius 1 is 0.300 bits per heavy atom. The fourth-order valence-electron chi connectivity index (χ4n) is 10.6. The Kier molecular flexibility index (Phi) is 7.83. The van der Waals surface area contributed by atoms with Gasteiger partial charge < -0.3 is 9.13 Å². The Labute approximate surface area is 349 Å². The summed E-state index contributed by atoms with van der Waals surface area (Å²) in [6.07, 6.45) is 0. The van der Waals surface area contributed by atoms with E-state index >= 15 is 0 Å². The molecule has 284 valence electrons. The number of aryl methyl sites for hydroxylation is 2. The molecule has 2 heteroatoms. The van der Waals surface area contributed by atoms with Crippen LogP contribution in [0.3, 0.4) is 0 Å². The first-order chi connectivity index (χ1) is 29.7. The molecule has 2 nitrogen and oxygen atoms in total. The Balaban J connectivity index is 1.27. The Hall–Kier alpha value is -7.42. The van der Waals surface area contributed by atoms with E-state index in [-0.39, 0.29) is 0 Å². The Morgan fingerprint density at radius 3 is 1.32 bits per heavy atom. The van der Waals surface area contributed by atoms with Crippen LogP contribution in [0.5, 0.6) is 0 Å². The minimum absolute atomic E-state index is 0.908. The summed E-state index contributed by atoms with van der Waals surface area (Å²) < 4.78 is 4.93. The quantitative estimate of drug-likeness (QED) is 0.149. The molecule has 0 spiro atoms. The van der Waals surface area contributed by atoms with Gasteiger partial charge in [-0.3, -0.25) is 0 Å². The third-order valence-electron chi connectivity index (χ3n) is 13.1. The molecule has 2 heterocycles. The van der Waals surface area contributed by atoms with Crippen molar-refractivity contribution < 1.29 is 0 Å². The molecule has 0 radical (unpaired) electrons. The maximum atomic E-state index is 2.51. The number of benzene rings is 10. The molecule has 0 saturated carbocycles. The average molecular weight is 767 g/mol. The van der Waals surface area contributed by atoms with Crippen molar-refractivity contribution in [1.29, 1.82) is 0 Å². The molecule has 0 aliphatic rings. The molecule has 60 heavy (non-hydrogen) atoms. The number of rotatable bonds is 6. The van der Waals surface area contributed by atoms with E-state index < -0.39 is 0 Å². The SMILES string of the molecule is CCn1c2ccccc2c2c(-c3cccc4c(-c5ccc6ccccc6c5-c5ccccc5)c5cccc(-c6cccc7c6c6ccccc6n7CC)c5cc34)cccc21. The molecule has 12 aromatic rings. The first kappa shape index (κ1) is 34.6. The van der Waals surface area contributed by atoms with Gasteiger partial charge >= 0.3 is 0 Å². The van der Waals surface area contributed by atoms with Crippen LogP contribution in [-0.4, -0.2) is 9.13 Å². The van der Waals surface area contributed by atoms with E-state index in [1.165, 1.54) is 120 Å². The molecule has 0 N–H and O–H groups in total. The molecule has 2 aromatic heterocycles. The van der Waals surface area contributed by atoms with Crippen LogP contribution in [0, 0.1) is 0 Å². The fourth-order valence-corrected chi connectivity index (χ4v) is 10.6. The van der Waals surface area contributed by atoms with Gasteiger partial charge in [0.05, 0.1) is 0 Å². The van der Waals surface area contributed by atoms with Crippen molar-refractivity contribution in [3.63, 3.8) is 0 Å². The van der Waals surface area contributed by atoms with Gasteiger partial charge in [0.25, 0.3) is 0 Å². The molecule has 0 fully saturated rings. The highest BCUT2D eigenvalue weighted by Gasteiger charge is 2.23. The Bertz CT molecular complexity index is 3500. The van der Waals surface area contributed by atoms with Crippen molar-refractivity contribution in [2.75, 3.05) is 0 Å². The van der Waals surface area contributed by atoms with Crippen LogP contribution in [0.4, 0.5) is 0 Å². The van der Waals surface area contributed by atoms with Crippen molar-refractivity contribution in [2.45, 2.75) is 26.9 Å². The van der Waals surface area contributed by atoms with Gasteiger partial charge in [-0.05, 0) is 121 Å². The molecule has 0 aliphatic heterocycles. The van der Waals surface area contributed by atoms with Crippen LogP contribution in [0.25, 0.3) is 120 Å². The van der Waals surface area contributed by atoms with Crippen molar-refractivity contribution in [3.05, 3.63) is 194 Å². The second kappa shape index (κ2) is 13.6. The lowest BCUT2D eigenvalue weighted by atomic mass is 9.82. The Morgan fingerprint density at radius 2 is 0.750 bits per heavy atom. The van der Waals surface area contributed by atoms with E-state index in [2.05, 4.69) is 217 Å². The monoisotopic (exact) mass is 766 g/mol. The number of para-hydroxylation sites is 2. The van der Waals surface area contributed by atoms with Crippen LogP contribution < -0.4 is 0 Å². The summed E-state index contributed by atoms with van der Waals surface area (Å²) in [4.78, 5) is 0. The highest BCUT2D eigenvalue weighted by Crippen LogP contribution is 2.49. The van der Waals surface area contributed by atoms with Crippen LogP contribution in [0.15, 0.2) is 194 Å². The van der Waals surface area contributed by atoms with Crippen LogP contribution in [0.1, 0.15) is 13.8 Å². The molecule has 12 rings (SSSR count). The fraction of sp³-hybridized carbons (Fsp3) is 0.0690. The van der Waals surface area contributed by atoms with E-state index in [1.807, 2.05) is 0 Å². The summed E-state index contributed by atoms with van der Waals surface area (Å²) in [7, 11) is 0. The summed E-state index contributed by atoms with van der Waals surface area (Å²) >= 11 is 0. The second-order valence-corrected chi connectivity index (χ2v) is 16.1. The lowest BCUT2D eigenvalue weighted by Gasteiger charge is -2.21. The topological polar surface area (TPSA) is 9.86 Å². The van der Waals surface area contributed by atoms with Gasteiger partial charge in [0.1, 0.15) is 0 Å². The molecular formula is C58H42N2. The number of hydrogen-bond acceptors (Lipinski definition) is 0. The van der Waals surface area contributed by atoms with E-state index in [1.54, 1.807) is 0 Å². The lowest BCUT2D eigenvalue weighted by molar-refractivity contribution is 0.827. The highest BCUT2D eigenvalue weighted by molar-refractivity contribution is 6.26. The predicted molar refractivity (Wildman–Crippen MR) is 258 cm³/mol. The smallest absolute Gasteiger partial charge is 0.0497 e. The van der Waals surface area contributed by atoms with Crippen LogP contribution >= 0.6 is 0 Å². The van der Waals surface area contributed by atoms with Crippen molar-refractivity contribution in [1.82, 2.24) is 9.13 Å². The van der Waals surface area contributed by atoms with Gasteiger partial charge in [-0.25, -0.2) is 0 Å². The normalized spacial score (nSPS) is 12.0. The third-order valence-corrected chi connectivity index (χ3v) is 13.1. The standard InChI is InChI=1S/C58H42N2/c1-3-59-51-30-12-10-22-46(51)57-42(28-16-32-53(57)59)40-24-14-26-44-49(40)36-50-41(43-29-17-33-54-58(43)47-23-11-13-31-52(47)60(54)4-2)25-15-27-45(50)56(44)48-35-34-37-18-8-9-21-39(37)55(48)38-19-6-5-7-20-38/h5-36H,3-4H2,1-2H3. The third kappa shape index (κ3) is 4.94. The average Bonchev–Trinajstić information content (AvgIpc) is 3.83. The molecule has 0 atom stereocenters. The summed E-state index contributed by atoms with van der Waals surface area (Å²) in [6, 6.07) is 72.6. The molecule has 10 aromatic carbocycles. The zero-order valence-electron chi connectivity index (χ0n) is 33.8. The minimum Gasteiger partial charge on any atom is -0.341 e. The van der Waals surface area contributed by atoms with E-state index in [0.29, 0.717) is 0 Å². The molecule has 0 amide bonds. The largest absolute Gasteiger partial charge is 0.341 e. The number of aromatic nitrogens is 2. The van der Waals surface area contributed by atoms with E-state index in [4.69, 9.17) is 0 Å².